The minimum atomic E-state index is -1.02. The molecule has 0 spiro atoms. The maximum Gasteiger partial charge on any atom is 0.518 e. The molecule has 1 aromatic heterocycles. The van der Waals surface area contributed by atoms with Crippen LogP contribution in [0.4, 0.5) is 9.59 Å². The molecule has 8 heteroatoms. The molecular formula is C22H27NO7. The fraction of sp³-hybridized carbons (Fsp3) is 0.364. The summed E-state index contributed by atoms with van der Waals surface area (Å²) >= 11 is 0. The van der Waals surface area contributed by atoms with Crippen LogP contribution in [0.3, 0.4) is 0 Å². The van der Waals surface area contributed by atoms with Gasteiger partial charge in [-0.2, -0.15) is 0 Å². The summed E-state index contributed by atoms with van der Waals surface area (Å²) in [6.07, 6.45) is -0.324. The zero-order valence-corrected chi connectivity index (χ0v) is 17.5. The number of ether oxygens (including phenoxy) is 3. The van der Waals surface area contributed by atoms with Crippen molar-refractivity contribution in [2.75, 3.05) is 13.2 Å². The smallest absolute Gasteiger partial charge is 0.478 e. The Balaban J connectivity index is 0.000000300. The highest BCUT2D eigenvalue weighted by Gasteiger charge is 2.13. The van der Waals surface area contributed by atoms with Gasteiger partial charge in [0.05, 0.1) is 24.5 Å². The van der Waals surface area contributed by atoms with Crippen LogP contribution in [0.1, 0.15) is 38.1 Å². The highest BCUT2D eigenvalue weighted by Crippen LogP contribution is 2.16. The molecule has 8 nitrogen and oxygen atoms in total. The van der Waals surface area contributed by atoms with Gasteiger partial charge in [-0.3, -0.25) is 4.98 Å². The number of benzene rings is 1. The molecule has 30 heavy (non-hydrogen) atoms. The number of rotatable bonds is 6. The van der Waals surface area contributed by atoms with Crippen LogP contribution in [0.15, 0.2) is 48.7 Å². The highest BCUT2D eigenvalue weighted by molar-refractivity contribution is 5.88. The molecule has 0 bridgehead atoms. The van der Waals surface area contributed by atoms with Gasteiger partial charge in [-0.05, 0) is 36.1 Å². The van der Waals surface area contributed by atoms with Gasteiger partial charge >= 0.3 is 18.3 Å². The number of carbonyl (C=O) groups excluding carboxylic acids is 2. The summed E-state index contributed by atoms with van der Waals surface area (Å²) in [5.41, 5.74) is 2.05. The average Bonchev–Trinajstić information content (AvgIpc) is 2.72. The average molecular weight is 417 g/mol. The van der Waals surface area contributed by atoms with E-state index in [0.717, 1.165) is 11.3 Å². The van der Waals surface area contributed by atoms with E-state index in [-0.39, 0.29) is 30.6 Å². The second-order valence-electron chi connectivity index (χ2n) is 7.11. The van der Waals surface area contributed by atoms with Crippen LogP contribution in [0.25, 0.3) is 11.3 Å². The molecule has 1 heterocycles. The second-order valence-corrected chi connectivity index (χ2v) is 7.11. The van der Waals surface area contributed by atoms with Crippen LogP contribution in [0.2, 0.25) is 0 Å². The first-order chi connectivity index (χ1) is 14.2. The lowest BCUT2D eigenvalue weighted by Crippen LogP contribution is -2.18. The SMILES string of the molecule is CC(C)COC(=O)OC(=O)OCC(C)C.O=C(O)c1ccc(-c2ccccn2)cc1. The molecule has 0 radical (unpaired) electrons. The lowest BCUT2D eigenvalue weighted by Gasteiger charge is -2.08. The highest BCUT2D eigenvalue weighted by atomic mass is 16.8. The Labute approximate surface area is 175 Å². The van der Waals surface area contributed by atoms with Crippen molar-refractivity contribution in [2.24, 2.45) is 11.8 Å². The standard InChI is InChI=1S/C12H9NO2.C10H18O5/c14-12(15)10-6-4-9(5-7-10)11-3-1-2-8-13-11;1-7(2)5-13-9(11)15-10(12)14-6-8(3)4/h1-8H,(H,14,15);7-8H,5-6H2,1-4H3. The van der Waals surface area contributed by atoms with E-state index >= 15 is 0 Å². The van der Waals surface area contributed by atoms with Crippen LogP contribution < -0.4 is 0 Å². The van der Waals surface area contributed by atoms with Crippen molar-refractivity contribution in [1.29, 1.82) is 0 Å². The normalized spacial score (nSPS) is 10.1. The number of aromatic carboxylic acids is 1. The Kier molecular flexibility index (Phi) is 10.6. The van der Waals surface area contributed by atoms with Crippen molar-refractivity contribution in [3.63, 3.8) is 0 Å². The number of carbonyl (C=O) groups is 3. The predicted molar refractivity (Wildman–Crippen MR) is 110 cm³/mol. The minimum Gasteiger partial charge on any atom is -0.478 e. The van der Waals surface area contributed by atoms with Crippen LogP contribution in [0, 0.1) is 11.8 Å². The van der Waals surface area contributed by atoms with Gasteiger partial charge in [0.1, 0.15) is 0 Å². The summed E-state index contributed by atoms with van der Waals surface area (Å²) in [4.78, 5) is 36.5. The van der Waals surface area contributed by atoms with Crippen LogP contribution in [0.5, 0.6) is 0 Å². The molecule has 162 valence electrons. The molecule has 0 amide bonds. The van der Waals surface area contributed by atoms with Gasteiger partial charge in [0.2, 0.25) is 0 Å². The summed E-state index contributed by atoms with van der Waals surface area (Å²) in [6, 6.07) is 12.3. The van der Waals surface area contributed by atoms with Gasteiger partial charge < -0.3 is 19.3 Å². The van der Waals surface area contributed by atoms with Crippen LogP contribution in [-0.4, -0.2) is 41.6 Å². The number of carboxylic acid groups (broad SMARTS) is 1. The van der Waals surface area contributed by atoms with Gasteiger partial charge in [-0.25, -0.2) is 14.4 Å². The third-order valence-electron chi connectivity index (χ3n) is 3.33. The van der Waals surface area contributed by atoms with Crippen molar-refractivity contribution < 1.29 is 33.7 Å². The predicted octanol–water partition coefficient (Wildman–Crippen LogP) is 5.04. The Morgan fingerprint density at radius 1 is 0.867 bits per heavy atom. The van der Waals surface area contributed by atoms with Crippen molar-refractivity contribution in [3.05, 3.63) is 54.2 Å². The van der Waals surface area contributed by atoms with E-state index in [0.29, 0.717) is 0 Å². The molecule has 1 N–H and O–H groups in total. The Hall–Kier alpha value is -3.42. The zero-order chi connectivity index (χ0) is 22.5. The van der Waals surface area contributed by atoms with E-state index in [1.54, 1.807) is 30.5 Å². The van der Waals surface area contributed by atoms with Gasteiger partial charge in [0.25, 0.3) is 0 Å². The molecule has 0 aliphatic heterocycles. The molecule has 1 aromatic carbocycles. The second kappa shape index (κ2) is 12.9. The van der Waals surface area contributed by atoms with Crippen molar-refractivity contribution in [1.82, 2.24) is 4.98 Å². The maximum atomic E-state index is 10.9. The molecular weight excluding hydrogens is 390 g/mol. The topological polar surface area (TPSA) is 112 Å². The summed E-state index contributed by atoms with van der Waals surface area (Å²) < 4.78 is 13.5. The third-order valence-corrected chi connectivity index (χ3v) is 3.33. The van der Waals surface area contributed by atoms with Gasteiger partial charge in [-0.15, -0.1) is 0 Å². The molecule has 0 aliphatic rings. The van der Waals surface area contributed by atoms with E-state index in [4.69, 9.17) is 5.11 Å². The first-order valence-corrected chi connectivity index (χ1v) is 9.45. The number of nitrogens with zero attached hydrogens (tertiary/aromatic N) is 1. The number of hydrogen-bond acceptors (Lipinski definition) is 7. The molecule has 0 aliphatic carbocycles. The van der Waals surface area contributed by atoms with Crippen LogP contribution >= 0.6 is 0 Å². The molecule has 0 fully saturated rings. The molecule has 0 saturated heterocycles. The van der Waals surface area contributed by atoms with Crippen molar-refractivity contribution in [3.8, 4) is 11.3 Å². The molecule has 2 aromatic rings. The zero-order valence-electron chi connectivity index (χ0n) is 17.5. The molecule has 2 rings (SSSR count). The maximum absolute atomic E-state index is 10.9. The molecule has 0 unspecified atom stereocenters. The van der Waals surface area contributed by atoms with Crippen LogP contribution in [-0.2, 0) is 14.2 Å². The largest absolute Gasteiger partial charge is 0.518 e. The fourth-order valence-corrected chi connectivity index (χ4v) is 1.91. The summed E-state index contributed by atoms with van der Waals surface area (Å²) in [7, 11) is 0. The first-order valence-electron chi connectivity index (χ1n) is 9.45. The fourth-order valence-electron chi connectivity index (χ4n) is 1.91. The summed E-state index contributed by atoms with van der Waals surface area (Å²) in [5.74, 6) is -0.518. The quantitative estimate of drug-likeness (QED) is 0.514. The molecule has 0 saturated carbocycles. The Morgan fingerprint density at radius 3 is 1.80 bits per heavy atom. The first kappa shape index (κ1) is 24.6. The summed E-state index contributed by atoms with van der Waals surface area (Å²) in [5, 5.41) is 8.73. The Morgan fingerprint density at radius 2 is 1.40 bits per heavy atom. The monoisotopic (exact) mass is 417 g/mol. The molecule has 0 atom stereocenters. The summed E-state index contributed by atoms with van der Waals surface area (Å²) in [6.45, 7) is 7.95. The number of carboxylic acids is 1. The Bertz CT molecular complexity index is 780. The van der Waals surface area contributed by atoms with E-state index in [1.165, 1.54) is 0 Å². The van der Waals surface area contributed by atoms with Crippen molar-refractivity contribution in [2.45, 2.75) is 27.7 Å². The van der Waals surface area contributed by atoms with E-state index in [2.05, 4.69) is 19.2 Å². The van der Waals surface area contributed by atoms with Gasteiger partial charge in [-0.1, -0.05) is 45.9 Å². The van der Waals surface area contributed by atoms with Gasteiger partial charge in [0, 0.05) is 11.8 Å². The van der Waals surface area contributed by atoms with Gasteiger partial charge in [0.15, 0.2) is 0 Å². The number of aromatic nitrogens is 1. The van der Waals surface area contributed by atoms with E-state index in [1.807, 2.05) is 45.9 Å². The lowest BCUT2D eigenvalue weighted by atomic mass is 10.1. The third kappa shape index (κ3) is 10.2. The number of pyridine rings is 1. The number of hydrogen-bond donors (Lipinski definition) is 1. The lowest BCUT2D eigenvalue weighted by molar-refractivity contribution is 0.0280. The van der Waals surface area contributed by atoms with E-state index < -0.39 is 18.3 Å². The van der Waals surface area contributed by atoms with Crippen molar-refractivity contribution >= 4 is 18.3 Å². The minimum absolute atomic E-state index is 0.198. The van der Waals surface area contributed by atoms with E-state index in [9.17, 15) is 14.4 Å².